The van der Waals surface area contributed by atoms with Gasteiger partial charge < -0.3 is 10.4 Å². The smallest absolute Gasteiger partial charge is 0.277 e. The number of aromatic nitrogens is 1. The number of aryl methyl sites for hydroxylation is 1. The molecule has 0 atom stereocenters. The van der Waals surface area contributed by atoms with Gasteiger partial charge in [0.15, 0.2) is 0 Å². The molecule has 1 aromatic carbocycles. The standard InChI is InChI=1S/C18H18ClN3O3/c1-3-12-10(2)20-14-5-4-11(8-13(14)17(12)19)21-15-9-16(24)22(6-7-23)18(15)25/h4-5,8-9,21,23H,3,6-7H2,1-2H3. The number of fused-ring (bicyclic) bond motifs is 1. The van der Waals surface area contributed by atoms with Crippen molar-refractivity contribution >= 4 is 40.0 Å². The summed E-state index contributed by atoms with van der Waals surface area (Å²) in [6.45, 7) is 3.66. The lowest BCUT2D eigenvalue weighted by atomic mass is 10.1. The van der Waals surface area contributed by atoms with E-state index in [0.717, 1.165) is 33.5 Å². The van der Waals surface area contributed by atoms with Gasteiger partial charge in [-0.1, -0.05) is 18.5 Å². The van der Waals surface area contributed by atoms with Crippen LogP contribution in [0.25, 0.3) is 10.9 Å². The van der Waals surface area contributed by atoms with Crippen LogP contribution in [0, 0.1) is 6.92 Å². The summed E-state index contributed by atoms with van der Waals surface area (Å²) < 4.78 is 0. The fraction of sp³-hybridized carbons (Fsp3) is 0.278. The van der Waals surface area contributed by atoms with E-state index in [2.05, 4.69) is 10.3 Å². The van der Waals surface area contributed by atoms with E-state index in [-0.39, 0.29) is 18.8 Å². The normalized spacial score (nSPS) is 14.4. The third kappa shape index (κ3) is 3.10. The first-order chi connectivity index (χ1) is 12.0. The molecule has 2 aromatic rings. The Balaban J connectivity index is 1.94. The highest BCUT2D eigenvalue weighted by Gasteiger charge is 2.30. The molecule has 0 saturated carbocycles. The topological polar surface area (TPSA) is 82.5 Å². The Morgan fingerprint density at radius 2 is 2.08 bits per heavy atom. The second kappa shape index (κ2) is 6.82. The Kier molecular flexibility index (Phi) is 4.74. The minimum atomic E-state index is -0.457. The molecule has 2 heterocycles. The van der Waals surface area contributed by atoms with Crippen LogP contribution in [0.15, 0.2) is 30.0 Å². The van der Waals surface area contributed by atoms with Crippen LogP contribution >= 0.6 is 11.6 Å². The molecule has 0 spiro atoms. The molecule has 0 unspecified atom stereocenters. The fourth-order valence-electron chi connectivity index (χ4n) is 2.93. The summed E-state index contributed by atoms with van der Waals surface area (Å²) in [5.74, 6) is -0.896. The van der Waals surface area contributed by atoms with E-state index < -0.39 is 11.8 Å². The number of pyridine rings is 1. The van der Waals surface area contributed by atoms with Gasteiger partial charge in [0.1, 0.15) is 5.70 Å². The van der Waals surface area contributed by atoms with E-state index in [1.54, 1.807) is 6.07 Å². The minimum absolute atomic E-state index is 0.0219. The summed E-state index contributed by atoms with van der Waals surface area (Å²) in [5.41, 5.74) is 3.48. The van der Waals surface area contributed by atoms with Crippen LogP contribution in [0.1, 0.15) is 18.2 Å². The Morgan fingerprint density at radius 1 is 1.32 bits per heavy atom. The summed E-state index contributed by atoms with van der Waals surface area (Å²) in [7, 11) is 0. The molecule has 6 nitrogen and oxygen atoms in total. The molecular formula is C18H18ClN3O3. The molecule has 1 aliphatic heterocycles. The van der Waals surface area contributed by atoms with Crippen LogP contribution in [0.3, 0.4) is 0 Å². The Hall–Kier alpha value is -2.44. The van der Waals surface area contributed by atoms with Crippen molar-refractivity contribution in [1.82, 2.24) is 9.88 Å². The number of nitrogens with zero attached hydrogens (tertiary/aromatic N) is 2. The number of halogens is 1. The predicted octanol–water partition coefficient (Wildman–Crippen LogP) is 2.42. The summed E-state index contributed by atoms with van der Waals surface area (Å²) in [6, 6.07) is 5.42. The van der Waals surface area contributed by atoms with Gasteiger partial charge in [0.25, 0.3) is 11.8 Å². The lowest BCUT2D eigenvalue weighted by Gasteiger charge is -2.14. The number of imide groups is 1. The average molecular weight is 360 g/mol. The van der Waals surface area contributed by atoms with Crippen molar-refractivity contribution in [2.45, 2.75) is 20.3 Å². The summed E-state index contributed by atoms with van der Waals surface area (Å²) in [5, 5.41) is 13.4. The van der Waals surface area contributed by atoms with Gasteiger partial charge in [0, 0.05) is 22.8 Å². The molecule has 25 heavy (non-hydrogen) atoms. The van der Waals surface area contributed by atoms with Gasteiger partial charge in [-0.25, -0.2) is 0 Å². The van der Waals surface area contributed by atoms with Gasteiger partial charge in [0.2, 0.25) is 0 Å². The van der Waals surface area contributed by atoms with Crippen LogP contribution in [-0.2, 0) is 16.0 Å². The maximum Gasteiger partial charge on any atom is 0.277 e. The number of hydrogen-bond donors (Lipinski definition) is 2. The number of rotatable bonds is 5. The molecule has 0 fully saturated rings. The molecule has 1 aliphatic rings. The first-order valence-corrected chi connectivity index (χ1v) is 8.38. The van der Waals surface area contributed by atoms with Gasteiger partial charge in [-0.3, -0.25) is 19.5 Å². The highest BCUT2D eigenvalue weighted by Crippen LogP contribution is 2.31. The molecule has 0 aliphatic carbocycles. The molecule has 3 rings (SSSR count). The molecule has 7 heteroatoms. The van der Waals surface area contributed by atoms with Crippen molar-refractivity contribution in [3.05, 3.63) is 46.3 Å². The third-order valence-corrected chi connectivity index (χ3v) is 4.62. The van der Waals surface area contributed by atoms with Crippen molar-refractivity contribution in [3.8, 4) is 0 Å². The number of β-amino-alcohol motifs (C(OH)–C–C–N with tert-alkyl or cyclic N) is 1. The molecule has 1 aromatic heterocycles. The molecule has 2 amide bonds. The lowest BCUT2D eigenvalue weighted by molar-refractivity contribution is -0.137. The molecular weight excluding hydrogens is 342 g/mol. The molecule has 0 bridgehead atoms. The van der Waals surface area contributed by atoms with Crippen molar-refractivity contribution in [2.75, 3.05) is 18.5 Å². The Bertz CT molecular complexity index is 908. The maximum atomic E-state index is 12.2. The number of anilines is 1. The van der Waals surface area contributed by atoms with Crippen LogP contribution in [0.4, 0.5) is 5.69 Å². The van der Waals surface area contributed by atoms with E-state index in [0.29, 0.717) is 10.7 Å². The van der Waals surface area contributed by atoms with Gasteiger partial charge in [0.05, 0.1) is 23.7 Å². The lowest BCUT2D eigenvalue weighted by Crippen LogP contribution is -2.34. The number of aliphatic hydroxyl groups is 1. The van der Waals surface area contributed by atoms with Crippen molar-refractivity contribution in [3.63, 3.8) is 0 Å². The van der Waals surface area contributed by atoms with E-state index in [1.807, 2.05) is 26.0 Å². The number of aliphatic hydroxyl groups excluding tert-OH is 1. The van der Waals surface area contributed by atoms with E-state index in [1.165, 1.54) is 6.08 Å². The second-order valence-electron chi connectivity index (χ2n) is 5.78. The third-order valence-electron chi connectivity index (χ3n) is 4.19. The second-order valence-corrected chi connectivity index (χ2v) is 6.15. The summed E-state index contributed by atoms with van der Waals surface area (Å²) in [4.78, 5) is 29.6. The quantitative estimate of drug-likeness (QED) is 0.801. The SMILES string of the molecule is CCc1c(C)nc2ccc(NC3=CC(=O)N(CCO)C3=O)cc2c1Cl. The first-order valence-electron chi connectivity index (χ1n) is 8.00. The molecule has 0 saturated heterocycles. The average Bonchev–Trinajstić information content (AvgIpc) is 2.84. The molecule has 0 radical (unpaired) electrons. The largest absolute Gasteiger partial charge is 0.395 e. The number of hydrogen-bond acceptors (Lipinski definition) is 5. The molecule has 2 N–H and O–H groups in total. The Morgan fingerprint density at radius 3 is 2.76 bits per heavy atom. The number of benzene rings is 1. The van der Waals surface area contributed by atoms with Crippen LogP contribution < -0.4 is 5.32 Å². The van der Waals surface area contributed by atoms with Crippen LogP contribution in [0.2, 0.25) is 5.02 Å². The molecule has 130 valence electrons. The van der Waals surface area contributed by atoms with Gasteiger partial charge >= 0.3 is 0 Å². The van der Waals surface area contributed by atoms with E-state index in [9.17, 15) is 9.59 Å². The number of carbonyl (C=O) groups is 2. The van der Waals surface area contributed by atoms with Gasteiger partial charge in [-0.05, 0) is 37.1 Å². The fourth-order valence-corrected chi connectivity index (χ4v) is 3.35. The maximum absolute atomic E-state index is 12.2. The number of amides is 2. The monoisotopic (exact) mass is 359 g/mol. The summed E-state index contributed by atoms with van der Waals surface area (Å²) >= 11 is 6.51. The van der Waals surface area contributed by atoms with Gasteiger partial charge in [-0.2, -0.15) is 0 Å². The van der Waals surface area contributed by atoms with E-state index in [4.69, 9.17) is 16.7 Å². The van der Waals surface area contributed by atoms with Crippen molar-refractivity contribution < 1.29 is 14.7 Å². The highest BCUT2D eigenvalue weighted by atomic mass is 35.5. The zero-order valence-corrected chi connectivity index (χ0v) is 14.7. The van der Waals surface area contributed by atoms with E-state index >= 15 is 0 Å². The first kappa shape index (κ1) is 17.4. The summed E-state index contributed by atoms with van der Waals surface area (Å²) in [6.07, 6.45) is 2.01. The van der Waals surface area contributed by atoms with Crippen LogP contribution in [0.5, 0.6) is 0 Å². The zero-order chi connectivity index (χ0) is 18.1. The van der Waals surface area contributed by atoms with Crippen molar-refractivity contribution in [2.24, 2.45) is 0 Å². The highest BCUT2D eigenvalue weighted by molar-refractivity contribution is 6.36. The van der Waals surface area contributed by atoms with Crippen molar-refractivity contribution in [1.29, 1.82) is 0 Å². The predicted molar refractivity (Wildman–Crippen MR) is 96.4 cm³/mol. The zero-order valence-electron chi connectivity index (χ0n) is 14.0. The number of nitrogens with one attached hydrogen (secondary N) is 1. The number of carbonyl (C=O) groups excluding carboxylic acids is 2. The minimum Gasteiger partial charge on any atom is -0.395 e. The van der Waals surface area contributed by atoms with Crippen LogP contribution in [-0.4, -0.2) is 40.0 Å². The van der Waals surface area contributed by atoms with Gasteiger partial charge in [-0.15, -0.1) is 0 Å². The Labute approximate surface area is 150 Å².